The molecule has 0 saturated heterocycles. The molecule has 2 aromatic carbocycles. The Labute approximate surface area is 123 Å². The number of aliphatic hydroxyl groups is 1. The molecule has 0 aliphatic rings. The van der Waals surface area contributed by atoms with E-state index in [-0.39, 0.29) is 22.8 Å². The summed E-state index contributed by atoms with van der Waals surface area (Å²) in [7, 11) is 0. The average Bonchev–Trinajstić information content (AvgIpc) is 2.32. The quantitative estimate of drug-likeness (QED) is 0.856. The van der Waals surface area contributed by atoms with Crippen molar-refractivity contribution in [2.24, 2.45) is 0 Å². The molecule has 100 valence electrons. The van der Waals surface area contributed by atoms with Gasteiger partial charge in [-0.15, -0.1) is 0 Å². The molecule has 2 aromatic rings. The van der Waals surface area contributed by atoms with Crippen LogP contribution in [0.4, 0.5) is 8.78 Å². The van der Waals surface area contributed by atoms with E-state index in [0.717, 1.165) is 6.07 Å². The Bertz CT molecular complexity index is 604. The van der Waals surface area contributed by atoms with Crippen molar-refractivity contribution in [3.63, 3.8) is 0 Å². The number of rotatable bonds is 3. The molecule has 19 heavy (non-hydrogen) atoms. The van der Waals surface area contributed by atoms with E-state index in [4.69, 9.17) is 11.6 Å². The van der Waals surface area contributed by atoms with E-state index < -0.39 is 11.9 Å². The highest BCUT2D eigenvalue weighted by Crippen LogP contribution is 2.27. The van der Waals surface area contributed by atoms with Gasteiger partial charge >= 0.3 is 0 Å². The van der Waals surface area contributed by atoms with Crippen molar-refractivity contribution in [2.75, 3.05) is 0 Å². The second kappa shape index (κ2) is 5.99. The third-order valence-corrected chi connectivity index (χ3v) is 3.72. The summed E-state index contributed by atoms with van der Waals surface area (Å²) in [4.78, 5) is 0. The highest BCUT2D eigenvalue weighted by molar-refractivity contribution is 9.10. The van der Waals surface area contributed by atoms with Crippen LogP contribution in [0, 0.1) is 11.6 Å². The summed E-state index contributed by atoms with van der Waals surface area (Å²) >= 11 is 8.87. The number of halogens is 4. The van der Waals surface area contributed by atoms with Crippen molar-refractivity contribution >= 4 is 27.5 Å². The lowest BCUT2D eigenvalue weighted by atomic mass is 10.0. The molecule has 0 fully saturated rings. The SMILES string of the molecule is OC(Cc1ccc(F)cc1Br)c1ccc(Cl)cc1F. The minimum absolute atomic E-state index is 0.167. The van der Waals surface area contributed by atoms with Crippen molar-refractivity contribution in [2.45, 2.75) is 12.5 Å². The zero-order valence-electron chi connectivity index (χ0n) is 9.71. The summed E-state index contributed by atoms with van der Waals surface area (Å²) in [6, 6.07) is 8.27. The van der Waals surface area contributed by atoms with Crippen molar-refractivity contribution in [3.05, 3.63) is 68.7 Å². The molecule has 0 saturated carbocycles. The normalized spacial score (nSPS) is 12.5. The maximum absolute atomic E-state index is 13.7. The van der Waals surface area contributed by atoms with Crippen LogP contribution in [-0.4, -0.2) is 5.11 Å². The largest absolute Gasteiger partial charge is 0.388 e. The van der Waals surface area contributed by atoms with E-state index in [1.807, 2.05) is 0 Å². The van der Waals surface area contributed by atoms with Crippen LogP contribution in [-0.2, 0) is 6.42 Å². The molecule has 0 aliphatic carbocycles. The summed E-state index contributed by atoms with van der Waals surface area (Å²) in [5.74, 6) is -0.930. The zero-order valence-corrected chi connectivity index (χ0v) is 12.0. The molecule has 5 heteroatoms. The van der Waals surface area contributed by atoms with Gasteiger partial charge in [0, 0.05) is 21.5 Å². The van der Waals surface area contributed by atoms with Crippen LogP contribution in [0.15, 0.2) is 40.9 Å². The molecule has 0 bridgehead atoms. The van der Waals surface area contributed by atoms with Crippen LogP contribution >= 0.6 is 27.5 Å². The van der Waals surface area contributed by atoms with E-state index in [1.165, 1.54) is 24.3 Å². The van der Waals surface area contributed by atoms with Gasteiger partial charge in [0.25, 0.3) is 0 Å². The smallest absolute Gasteiger partial charge is 0.130 e. The van der Waals surface area contributed by atoms with Crippen LogP contribution in [0.3, 0.4) is 0 Å². The molecule has 0 heterocycles. The van der Waals surface area contributed by atoms with Crippen molar-refractivity contribution in [1.29, 1.82) is 0 Å². The lowest BCUT2D eigenvalue weighted by Crippen LogP contribution is -2.05. The molecule has 0 aromatic heterocycles. The molecule has 0 amide bonds. The molecular weight excluding hydrogens is 338 g/mol. The Morgan fingerprint density at radius 3 is 2.53 bits per heavy atom. The minimum atomic E-state index is -1.01. The van der Waals surface area contributed by atoms with E-state index in [1.54, 1.807) is 6.07 Å². The molecule has 0 radical (unpaired) electrons. The molecule has 1 nitrogen and oxygen atoms in total. The average molecular weight is 348 g/mol. The van der Waals surface area contributed by atoms with Gasteiger partial charge in [-0.2, -0.15) is 0 Å². The molecule has 1 unspecified atom stereocenters. The molecule has 2 rings (SSSR count). The highest BCUT2D eigenvalue weighted by Gasteiger charge is 2.15. The third kappa shape index (κ3) is 3.53. The second-order valence-corrected chi connectivity index (χ2v) is 5.41. The molecule has 0 aliphatic heterocycles. The van der Waals surface area contributed by atoms with Crippen molar-refractivity contribution < 1.29 is 13.9 Å². The van der Waals surface area contributed by atoms with E-state index in [0.29, 0.717) is 10.0 Å². The Hall–Kier alpha value is -0.970. The summed E-state index contributed by atoms with van der Waals surface area (Å²) in [5, 5.41) is 10.3. The van der Waals surface area contributed by atoms with E-state index >= 15 is 0 Å². The van der Waals surface area contributed by atoms with Crippen LogP contribution < -0.4 is 0 Å². The highest BCUT2D eigenvalue weighted by atomic mass is 79.9. The van der Waals surface area contributed by atoms with E-state index in [2.05, 4.69) is 15.9 Å². The topological polar surface area (TPSA) is 20.2 Å². The monoisotopic (exact) mass is 346 g/mol. The maximum atomic E-state index is 13.7. The lowest BCUT2D eigenvalue weighted by molar-refractivity contribution is 0.173. The van der Waals surface area contributed by atoms with Gasteiger partial charge in [-0.1, -0.05) is 39.7 Å². The Kier molecular flexibility index (Phi) is 4.55. The van der Waals surface area contributed by atoms with Crippen molar-refractivity contribution in [1.82, 2.24) is 0 Å². The minimum Gasteiger partial charge on any atom is -0.388 e. The fourth-order valence-electron chi connectivity index (χ4n) is 1.78. The summed E-state index contributed by atoms with van der Waals surface area (Å²) in [5.41, 5.74) is 0.865. The number of aliphatic hydroxyl groups excluding tert-OH is 1. The number of benzene rings is 2. The third-order valence-electron chi connectivity index (χ3n) is 2.75. The van der Waals surface area contributed by atoms with Crippen molar-refractivity contribution in [3.8, 4) is 0 Å². The second-order valence-electron chi connectivity index (χ2n) is 4.12. The van der Waals surface area contributed by atoms with E-state index in [9.17, 15) is 13.9 Å². The van der Waals surface area contributed by atoms with Gasteiger partial charge in [0.15, 0.2) is 0 Å². The fourth-order valence-corrected chi connectivity index (χ4v) is 2.45. The van der Waals surface area contributed by atoms with Gasteiger partial charge < -0.3 is 5.11 Å². The van der Waals surface area contributed by atoms with Gasteiger partial charge in [0.05, 0.1) is 6.10 Å². The van der Waals surface area contributed by atoms with Crippen LogP contribution in [0.2, 0.25) is 5.02 Å². The predicted octanol–water partition coefficient (Wildman–Crippen LogP) is 4.66. The Morgan fingerprint density at radius 1 is 1.16 bits per heavy atom. The lowest BCUT2D eigenvalue weighted by Gasteiger charge is -2.13. The Balaban J connectivity index is 2.23. The first kappa shape index (κ1) is 14.4. The van der Waals surface area contributed by atoms with Gasteiger partial charge in [-0.05, 0) is 29.8 Å². The summed E-state index contributed by atoms with van der Waals surface area (Å²) in [6.45, 7) is 0. The molecule has 0 spiro atoms. The van der Waals surface area contributed by atoms with Crippen LogP contribution in [0.1, 0.15) is 17.2 Å². The van der Waals surface area contributed by atoms with Crippen LogP contribution in [0.5, 0.6) is 0 Å². The molecule has 1 atom stereocenters. The summed E-state index contributed by atoms with van der Waals surface area (Å²) < 4.78 is 27.1. The van der Waals surface area contributed by atoms with Gasteiger partial charge in [0.1, 0.15) is 11.6 Å². The standard InChI is InChI=1S/C14H10BrClF2O/c15-12-7-10(17)3-1-8(12)5-14(19)11-4-2-9(16)6-13(11)18/h1-4,6-7,14,19H,5H2. The first-order valence-corrected chi connectivity index (χ1v) is 6.71. The van der Waals surface area contributed by atoms with Gasteiger partial charge in [-0.3, -0.25) is 0 Å². The first-order chi connectivity index (χ1) is 8.97. The maximum Gasteiger partial charge on any atom is 0.130 e. The predicted molar refractivity (Wildman–Crippen MR) is 74.2 cm³/mol. The molecular formula is C14H10BrClF2O. The Morgan fingerprint density at radius 2 is 1.89 bits per heavy atom. The van der Waals surface area contributed by atoms with Gasteiger partial charge in [0.2, 0.25) is 0 Å². The summed E-state index contributed by atoms with van der Waals surface area (Å²) in [6.07, 6.45) is -0.835. The fraction of sp³-hybridized carbons (Fsp3) is 0.143. The zero-order chi connectivity index (χ0) is 14.0. The number of hydrogen-bond acceptors (Lipinski definition) is 1. The molecule has 1 N–H and O–H groups in total. The van der Waals surface area contributed by atoms with Crippen LogP contribution in [0.25, 0.3) is 0 Å². The first-order valence-electron chi connectivity index (χ1n) is 5.54. The number of hydrogen-bond donors (Lipinski definition) is 1. The van der Waals surface area contributed by atoms with Gasteiger partial charge in [-0.25, -0.2) is 8.78 Å².